The van der Waals surface area contributed by atoms with E-state index in [4.69, 9.17) is 8.97 Å². The molecule has 12 nitrogen and oxygen atoms in total. The topological polar surface area (TPSA) is 156 Å². The van der Waals surface area contributed by atoms with Gasteiger partial charge in [-0.1, -0.05) is 36.9 Å². The van der Waals surface area contributed by atoms with E-state index in [1.165, 1.54) is 29.8 Å². The van der Waals surface area contributed by atoms with E-state index in [1.807, 2.05) is 56.3 Å². The van der Waals surface area contributed by atoms with Crippen LogP contribution in [0.3, 0.4) is 0 Å². The monoisotopic (exact) mass is 612 g/mol. The van der Waals surface area contributed by atoms with E-state index < -0.39 is 15.3 Å². The van der Waals surface area contributed by atoms with Crippen molar-refractivity contribution in [3.63, 3.8) is 0 Å². The molecule has 42 heavy (non-hydrogen) atoms. The number of carbonyl (C=O) groups is 1. The highest BCUT2D eigenvalue weighted by molar-refractivity contribution is 8.03. The van der Waals surface area contributed by atoms with Crippen LogP contribution < -0.4 is 9.91 Å². The first-order chi connectivity index (χ1) is 20.1. The van der Waals surface area contributed by atoms with Gasteiger partial charge in [-0.05, 0) is 50.3 Å². The highest BCUT2D eigenvalue weighted by atomic mass is 32.3. The smallest absolute Gasteiger partial charge is 0.397 e. The number of para-hydroxylation sites is 1. The zero-order valence-electron chi connectivity index (χ0n) is 23.0. The summed E-state index contributed by atoms with van der Waals surface area (Å²) in [5, 5.41) is 18.2. The average molecular weight is 613 g/mol. The Morgan fingerprint density at radius 1 is 1.12 bits per heavy atom. The van der Waals surface area contributed by atoms with Crippen LogP contribution in [-0.2, 0) is 25.8 Å². The first-order valence-electron chi connectivity index (χ1n) is 12.9. The Morgan fingerprint density at radius 2 is 1.86 bits per heavy atom. The zero-order valence-corrected chi connectivity index (χ0v) is 24.6. The molecule has 0 saturated carbocycles. The minimum atomic E-state index is -4.17. The molecular weight excluding hydrogens is 584 g/mol. The molecule has 1 N–H and O–H groups in total. The molecule has 0 unspecified atom stereocenters. The van der Waals surface area contributed by atoms with Crippen molar-refractivity contribution in [2.24, 2.45) is 5.10 Å². The highest BCUT2D eigenvalue weighted by Gasteiger charge is 2.34. The number of amides is 1. The van der Waals surface area contributed by atoms with Crippen molar-refractivity contribution in [3.8, 4) is 0 Å². The lowest BCUT2D eigenvalue weighted by molar-refractivity contribution is -0.385. The van der Waals surface area contributed by atoms with Crippen molar-refractivity contribution in [2.75, 3.05) is 23.1 Å². The molecule has 1 aromatic heterocycles. The first-order valence-corrected chi connectivity index (χ1v) is 15.1. The molecule has 1 amide bonds. The molecule has 0 atom stereocenters. The predicted molar refractivity (Wildman–Crippen MR) is 160 cm³/mol. The van der Waals surface area contributed by atoms with Gasteiger partial charge in [-0.25, -0.2) is 4.18 Å². The van der Waals surface area contributed by atoms with E-state index >= 15 is 0 Å². The van der Waals surface area contributed by atoms with Gasteiger partial charge in [0, 0.05) is 35.6 Å². The number of non-ortho nitro benzene ring substituents is 1. The van der Waals surface area contributed by atoms with Crippen LogP contribution in [0.1, 0.15) is 32.1 Å². The summed E-state index contributed by atoms with van der Waals surface area (Å²) in [6, 6.07) is 16.0. The Balaban J connectivity index is 0.000000517. The Bertz CT molecular complexity index is 1680. The zero-order chi connectivity index (χ0) is 30.4. The fourth-order valence-electron chi connectivity index (χ4n) is 4.29. The van der Waals surface area contributed by atoms with E-state index in [2.05, 4.69) is 14.2 Å². The second-order valence-corrected chi connectivity index (χ2v) is 10.8. The Hall–Kier alpha value is -4.24. The standard InChI is InChI=1S/C26H22N4O4S.C2H6O4S/c1-3-22-19(14-15-34-22)25-20(26(31)29(27-25)17-8-6-5-7-9-17)11-13-24-28(4-2)21-12-10-18(30(32)33)16-23(21)35-24;1-2-6-7(3,4)5/h5-16H,3-4H2,1-2H3;2H2,1H3,(H,3,4,5). The van der Waals surface area contributed by atoms with Crippen LogP contribution in [0.25, 0.3) is 0 Å². The van der Waals surface area contributed by atoms with E-state index in [-0.39, 0.29) is 18.2 Å². The number of benzene rings is 2. The largest absolute Gasteiger partial charge is 0.469 e. The number of thioether (sulfide) groups is 1. The Morgan fingerprint density at radius 3 is 2.45 bits per heavy atom. The molecule has 5 rings (SSSR count). The third-order valence-corrected chi connectivity index (χ3v) is 7.75. The maximum Gasteiger partial charge on any atom is 0.397 e. The van der Waals surface area contributed by atoms with Crippen molar-refractivity contribution in [2.45, 2.75) is 32.1 Å². The average Bonchev–Trinajstić information content (AvgIpc) is 3.66. The molecule has 0 saturated heterocycles. The highest BCUT2D eigenvalue weighted by Crippen LogP contribution is 2.47. The summed E-state index contributed by atoms with van der Waals surface area (Å²) in [5.74, 6) is 0.528. The maximum atomic E-state index is 13.5. The van der Waals surface area contributed by atoms with Crippen LogP contribution in [0.2, 0.25) is 0 Å². The molecule has 2 aliphatic rings. The van der Waals surface area contributed by atoms with E-state index in [1.54, 1.807) is 24.5 Å². The fraction of sp³-hybridized carbons (Fsp3) is 0.214. The normalized spacial score (nSPS) is 16.5. The van der Waals surface area contributed by atoms with Gasteiger partial charge in [0.2, 0.25) is 0 Å². The second kappa shape index (κ2) is 13.2. The van der Waals surface area contributed by atoms with Crippen LogP contribution >= 0.6 is 11.8 Å². The summed E-state index contributed by atoms with van der Waals surface area (Å²) in [7, 11) is -4.17. The van der Waals surface area contributed by atoms with Gasteiger partial charge in [0.1, 0.15) is 11.5 Å². The lowest BCUT2D eigenvalue weighted by atomic mass is 10.0. The Labute approximate surface area is 247 Å². The van der Waals surface area contributed by atoms with Gasteiger partial charge in [0.15, 0.2) is 0 Å². The summed E-state index contributed by atoms with van der Waals surface area (Å²) in [6.07, 6.45) is 5.94. The van der Waals surface area contributed by atoms with E-state index in [0.717, 1.165) is 26.9 Å². The number of carbonyl (C=O) groups excluding carboxylic acids is 1. The van der Waals surface area contributed by atoms with Crippen molar-refractivity contribution in [1.29, 1.82) is 0 Å². The number of allylic oxidation sites excluding steroid dienone is 2. The number of nitro groups is 1. The molecule has 0 aliphatic carbocycles. The van der Waals surface area contributed by atoms with Gasteiger partial charge in [0.05, 0.1) is 39.8 Å². The number of nitrogens with zero attached hydrogens (tertiary/aromatic N) is 4. The molecule has 2 aromatic carbocycles. The summed E-state index contributed by atoms with van der Waals surface area (Å²) in [4.78, 5) is 27.2. The molecule has 3 heterocycles. The molecule has 14 heteroatoms. The van der Waals surface area contributed by atoms with E-state index in [9.17, 15) is 23.3 Å². The number of fused-ring (bicyclic) bond motifs is 1. The number of furan rings is 1. The van der Waals surface area contributed by atoms with Crippen molar-refractivity contribution in [1.82, 2.24) is 0 Å². The summed E-state index contributed by atoms with van der Waals surface area (Å²) >= 11 is 1.44. The van der Waals surface area contributed by atoms with Gasteiger partial charge < -0.3 is 9.32 Å². The molecule has 2 aliphatic heterocycles. The van der Waals surface area contributed by atoms with Gasteiger partial charge >= 0.3 is 10.4 Å². The minimum Gasteiger partial charge on any atom is -0.469 e. The predicted octanol–water partition coefficient (Wildman–Crippen LogP) is 5.73. The number of rotatable bonds is 8. The van der Waals surface area contributed by atoms with Gasteiger partial charge in [-0.2, -0.15) is 18.5 Å². The molecule has 0 radical (unpaired) electrons. The van der Waals surface area contributed by atoms with Crippen LogP contribution in [-0.4, -0.2) is 42.7 Å². The second-order valence-electron chi connectivity index (χ2n) is 8.69. The lowest BCUT2D eigenvalue weighted by Crippen LogP contribution is -2.21. The number of aryl methyl sites for hydroxylation is 1. The van der Waals surface area contributed by atoms with Crippen molar-refractivity contribution < 1.29 is 31.3 Å². The van der Waals surface area contributed by atoms with Crippen LogP contribution in [0.15, 0.2) is 98.0 Å². The minimum absolute atomic E-state index is 0.0289. The summed E-state index contributed by atoms with van der Waals surface area (Å²) in [6.45, 7) is 6.12. The summed E-state index contributed by atoms with van der Waals surface area (Å²) in [5.41, 5.74) is 3.44. The molecule has 3 aromatic rings. The lowest BCUT2D eigenvalue weighted by Gasteiger charge is -2.17. The number of hydrogen-bond donors (Lipinski definition) is 1. The SMILES string of the molecule is CCOS(=O)(=O)O.CCc1occc1C1=NN(c2ccccc2)C(=O)C1=CC=C1Sc2cc([N+](=O)[O-])ccc2N1CC. The number of hydrazone groups is 1. The van der Waals surface area contributed by atoms with Gasteiger partial charge in [-0.15, -0.1) is 0 Å². The third kappa shape index (κ3) is 6.79. The van der Waals surface area contributed by atoms with Crippen LogP contribution in [0.4, 0.5) is 17.1 Å². The maximum absolute atomic E-state index is 13.5. The molecule has 0 spiro atoms. The van der Waals surface area contributed by atoms with Gasteiger partial charge in [-0.3, -0.25) is 19.5 Å². The quantitative estimate of drug-likeness (QED) is 0.144. The fourth-order valence-corrected chi connectivity index (χ4v) is 5.75. The van der Waals surface area contributed by atoms with Crippen molar-refractivity contribution in [3.05, 3.63) is 105 Å². The Kier molecular flexibility index (Phi) is 9.63. The molecule has 0 bridgehead atoms. The van der Waals surface area contributed by atoms with Crippen LogP contribution in [0.5, 0.6) is 0 Å². The first kappa shape index (κ1) is 30.7. The number of hydrogen-bond acceptors (Lipinski definition) is 10. The number of nitro benzene ring substituents is 1. The number of anilines is 2. The van der Waals surface area contributed by atoms with Gasteiger partial charge in [0.25, 0.3) is 11.6 Å². The molecule has 0 fully saturated rings. The molecule has 220 valence electrons. The van der Waals surface area contributed by atoms with E-state index in [0.29, 0.717) is 29.9 Å². The third-order valence-electron chi connectivity index (χ3n) is 6.10. The molecular formula is C28H28N4O8S2. The van der Waals surface area contributed by atoms with Crippen LogP contribution in [0, 0.1) is 10.1 Å². The summed E-state index contributed by atoms with van der Waals surface area (Å²) < 4.78 is 36.3. The van der Waals surface area contributed by atoms with Crippen molar-refractivity contribution >= 4 is 50.8 Å².